The molecule has 1 aromatic carbocycles. The van der Waals surface area contributed by atoms with Gasteiger partial charge in [-0.05, 0) is 51.2 Å². The molecule has 0 unspecified atom stereocenters. The van der Waals surface area contributed by atoms with Crippen molar-refractivity contribution in [1.82, 2.24) is 30.0 Å². The standard InChI is InChI=1S/C25H32N6O4S/c1-17-5-9-19(10-6-17)36(34,35)31-14-12-27-25(33)23(31)15-24(32)29-21-3-2-4-22-20(21)16-28-30(22)13-11-26-18-7-8-18/h5-6,9-10,12,14,16,18,21,23,26H,2-4,7-8,11,13,15H2,1H3,(H,27,33)(H,29,32)/t21-,23+/m0/s1. The number of nitrogens with one attached hydrogen (secondary N) is 3. The SMILES string of the molecule is Cc1ccc(S(=O)(=O)N2C=CNC(=O)[C@H]2CC(=O)N[C@H]2CCCc3c2cnn3CCNC2CC2)cc1. The number of carbonyl (C=O) groups is 2. The molecule has 2 atom stereocenters. The van der Waals surface area contributed by atoms with Gasteiger partial charge in [-0.3, -0.25) is 18.6 Å². The summed E-state index contributed by atoms with van der Waals surface area (Å²) in [7, 11) is -4.01. The van der Waals surface area contributed by atoms with E-state index in [2.05, 4.69) is 21.0 Å². The van der Waals surface area contributed by atoms with Crippen LogP contribution in [0.5, 0.6) is 0 Å². The maximum Gasteiger partial charge on any atom is 0.264 e. The molecule has 3 N–H and O–H groups in total. The Morgan fingerprint density at radius 2 is 1.97 bits per heavy atom. The molecule has 1 saturated carbocycles. The minimum Gasteiger partial charge on any atom is -0.349 e. The molecular weight excluding hydrogens is 480 g/mol. The Balaban J connectivity index is 1.27. The van der Waals surface area contributed by atoms with Crippen LogP contribution in [0.1, 0.15) is 55.0 Å². The molecule has 0 radical (unpaired) electrons. The van der Waals surface area contributed by atoms with Crippen LogP contribution < -0.4 is 16.0 Å². The van der Waals surface area contributed by atoms with Crippen molar-refractivity contribution in [1.29, 1.82) is 0 Å². The number of nitrogens with zero attached hydrogens (tertiary/aromatic N) is 3. The Kier molecular flexibility index (Phi) is 6.85. The van der Waals surface area contributed by atoms with Gasteiger partial charge in [0.05, 0.1) is 30.1 Å². The quantitative estimate of drug-likeness (QED) is 0.468. The van der Waals surface area contributed by atoms with Crippen LogP contribution in [0.3, 0.4) is 0 Å². The summed E-state index contributed by atoms with van der Waals surface area (Å²) in [6, 6.07) is 5.66. The van der Waals surface area contributed by atoms with Gasteiger partial charge in [0.15, 0.2) is 0 Å². The fourth-order valence-corrected chi connectivity index (χ4v) is 6.27. The lowest BCUT2D eigenvalue weighted by atomic mass is 9.92. The van der Waals surface area contributed by atoms with E-state index in [1.807, 2.05) is 17.8 Å². The van der Waals surface area contributed by atoms with Gasteiger partial charge in [-0.25, -0.2) is 8.42 Å². The third-order valence-electron chi connectivity index (χ3n) is 6.96. The first-order valence-electron chi connectivity index (χ1n) is 12.5. The molecule has 1 fully saturated rings. The van der Waals surface area contributed by atoms with Crippen LogP contribution in [-0.2, 0) is 32.6 Å². The number of hydrogen-bond donors (Lipinski definition) is 3. The van der Waals surface area contributed by atoms with Gasteiger partial charge in [0, 0.05) is 36.2 Å². The molecule has 0 spiro atoms. The molecular formula is C25H32N6O4S. The number of aromatic nitrogens is 2. The predicted molar refractivity (Wildman–Crippen MR) is 133 cm³/mol. The average molecular weight is 513 g/mol. The molecule has 0 saturated heterocycles. The number of benzene rings is 1. The van der Waals surface area contributed by atoms with E-state index < -0.39 is 22.0 Å². The fraction of sp³-hybridized carbons (Fsp3) is 0.480. The van der Waals surface area contributed by atoms with E-state index >= 15 is 0 Å². The predicted octanol–water partition coefficient (Wildman–Crippen LogP) is 1.49. The van der Waals surface area contributed by atoms with Gasteiger partial charge >= 0.3 is 0 Å². The number of carbonyl (C=O) groups excluding carboxylic acids is 2. The van der Waals surface area contributed by atoms with Crippen LogP contribution in [0.25, 0.3) is 0 Å². The van der Waals surface area contributed by atoms with Crippen molar-refractivity contribution >= 4 is 21.8 Å². The summed E-state index contributed by atoms with van der Waals surface area (Å²) in [5, 5.41) is 13.6. The lowest BCUT2D eigenvalue weighted by Gasteiger charge is -2.32. The molecule has 1 aromatic heterocycles. The van der Waals surface area contributed by atoms with E-state index in [1.54, 1.807) is 12.1 Å². The zero-order valence-electron chi connectivity index (χ0n) is 20.3. The van der Waals surface area contributed by atoms with Crippen LogP contribution in [0.15, 0.2) is 47.8 Å². The molecule has 2 aliphatic carbocycles. The largest absolute Gasteiger partial charge is 0.349 e. The van der Waals surface area contributed by atoms with E-state index in [0.717, 1.165) is 53.5 Å². The maximum atomic E-state index is 13.3. The smallest absolute Gasteiger partial charge is 0.264 e. The zero-order valence-corrected chi connectivity index (χ0v) is 21.1. The number of aryl methyl sites for hydroxylation is 1. The molecule has 11 heteroatoms. The summed E-state index contributed by atoms with van der Waals surface area (Å²) in [5.74, 6) is -0.917. The molecule has 0 bridgehead atoms. The Bertz CT molecular complexity index is 1270. The number of fused-ring (bicyclic) bond motifs is 1. The highest BCUT2D eigenvalue weighted by atomic mass is 32.2. The molecule has 3 aliphatic rings. The zero-order chi connectivity index (χ0) is 25.3. The Hall–Kier alpha value is -3.18. The van der Waals surface area contributed by atoms with Crippen LogP contribution >= 0.6 is 0 Å². The number of amides is 2. The van der Waals surface area contributed by atoms with Crippen molar-refractivity contribution in [3.05, 3.63) is 59.7 Å². The van der Waals surface area contributed by atoms with E-state index in [9.17, 15) is 18.0 Å². The number of hydrogen-bond acceptors (Lipinski definition) is 6. The van der Waals surface area contributed by atoms with Gasteiger partial charge in [0.25, 0.3) is 10.0 Å². The molecule has 192 valence electrons. The molecule has 2 amide bonds. The summed E-state index contributed by atoms with van der Waals surface area (Å²) in [5.41, 5.74) is 3.05. The van der Waals surface area contributed by atoms with Gasteiger partial charge in [-0.15, -0.1) is 0 Å². The normalized spacial score (nSPS) is 21.7. The van der Waals surface area contributed by atoms with Gasteiger partial charge in [0.1, 0.15) is 6.04 Å². The first-order chi connectivity index (χ1) is 17.3. The monoisotopic (exact) mass is 512 g/mol. The lowest BCUT2D eigenvalue weighted by molar-refractivity contribution is -0.129. The van der Waals surface area contributed by atoms with E-state index in [1.165, 1.54) is 37.4 Å². The molecule has 10 nitrogen and oxygen atoms in total. The average Bonchev–Trinajstić information content (AvgIpc) is 3.58. The summed E-state index contributed by atoms with van der Waals surface area (Å²) in [6.45, 7) is 3.52. The summed E-state index contributed by atoms with van der Waals surface area (Å²) in [4.78, 5) is 25.8. The summed E-state index contributed by atoms with van der Waals surface area (Å²) in [6.07, 6.45) is 9.19. The van der Waals surface area contributed by atoms with Gasteiger partial charge in [0.2, 0.25) is 11.8 Å². The van der Waals surface area contributed by atoms with E-state index in [-0.39, 0.29) is 23.3 Å². The molecule has 2 heterocycles. The van der Waals surface area contributed by atoms with Crippen LogP contribution in [0.4, 0.5) is 0 Å². The second kappa shape index (κ2) is 10.1. The third-order valence-corrected chi connectivity index (χ3v) is 8.76. The minimum absolute atomic E-state index is 0.0679. The van der Waals surface area contributed by atoms with Crippen LogP contribution in [-0.4, -0.2) is 52.9 Å². The maximum absolute atomic E-state index is 13.3. The first-order valence-corrected chi connectivity index (χ1v) is 13.9. The second-order valence-electron chi connectivity index (χ2n) is 9.70. The van der Waals surface area contributed by atoms with Gasteiger partial charge < -0.3 is 16.0 Å². The van der Waals surface area contributed by atoms with Crippen LogP contribution in [0.2, 0.25) is 0 Å². The third kappa shape index (κ3) is 5.17. The lowest BCUT2D eigenvalue weighted by Crippen LogP contribution is -2.51. The Morgan fingerprint density at radius 1 is 1.19 bits per heavy atom. The Labute approximate surface area is 211 Å². The topological polar surface area (TPSA) is 125 Å². The van der Waals surface area contributed by atoms with Crippen molar-refractivity contribution in [2.45, 2.75) is 75.0 Å². The minimum atomic E-state index is -4.01. The summed E-state index contributed by atoms with van der Waals surface area (Å²) < 4.78 is 29.5. The molecule has 2 aromatic rings. The van der Waals surface area contributed by atoms with Gasteiger partial charge in [-0.1, -0.05) is 17.7 Å². The van der Waals surface area contributed by atoms with Crippen molar-refractivity contribution in [2.75, 3.05) is 6.54 Å². The fourth-order valence-electron chi connectivity index (χ4n) is 4.82. The highest BCUT2D eigenvalue weighted by Crippen LogP contribution is 2.30. The highest BCUT2D eigenvalue weighted by molar-refractivity contribution is 7.89. The van der Waals surface area contributed by atoms with Crippen molar-refractivity contribution in [2.24, 2.45) is 0 Å². The second-order valence-corrected chi connectivity index (χ2v) is 11.5. The van der Waals surface area contributed by atoms with Crippen molar-refractivity contribution < 1.29 is 18.0 Å². The molecule has 5 rings (SSSR count). The Morgan fingerprint density at radius 3 is 2.72 bits per heavy atom. The number of sulfonamides is 1. The van der Waals surface area contributed by atoms with Crippen molar-refractivity contribution in [3.63, 3.8) is 0 Å². The molecule has 36 heavy (non-hydrogen) atoms. The van der Waals surface area contributed by atoms with E-state index in [4.69, 9.17) is 0 Å². The molecule has 1 aliphatic heterocycles. The van der Waals surface area contributed by atoms with Crippen LogP contribution in [0, 0.1) is 6.92 Å². The highest BCUT2D eigenvalue weighted by Gasteiger charge is 2.37. The van der Waals surface area contributed by atoms with Crippen molar-refractivity contribution in [3.8, 4) is 0 Å². The summed E-state index contributed by atoms with van der Waals surface area (Å²) >= 11 is 0. The van der Waals surface area contributed by atoms with E-state index in [0.29, 0.717) is 6.04 Å². The first kappa shape index (κ1) is 24.5. The number of rotatable bonds is 9. The van der Waals surface area contributed by atoms with Gasteiger partial charge in [-0.2, -0.15) is 5.10 Å².